The van der Waals surface area contributed by atoms with Gasteiger partial charge in [0.05, 0.1) is 11.7 Å². The molecule has 2 atom stereocenters. The van der Waals surface area contributed by atoms with Gasteiger partial charge in [-0.25, -0.2) is 0 Å². The van der Waals surface area contributed by atoms with Crippen LogP contribution in [0, 0.1) is 11.8 Å². The predicted molar refractivity (Wildman–Crippen MR) is 70.3 cm³/mol. The summed E-state index contributed by atoms with van der Waals surface area (Å²) in [4.78, 5) is 14.3. The summed E-state index contributed by atoms with van der Waals surface area (Å²) in [6.45, 7) is 6.13. The third-order valence-corrected chi connectivity index (χ3v) is 3.96. The highest BCUT2D eigenvalue weighted by molar-refractivity contribution is 5.97. The number of benzene rings is 1. The Balaban J connectivity index is 1.87. The van der Waals surface area contributed by atoms with Gasteiger partial charge in [0.25, 0.3) is 5.91 Å². The third kappa shape index (κ3) is 1.78. The van der Waals surface area contributed by atoms with Gasteiger partial charge >= 0.3 is 0 Å². The minimum Gasteiger partial charge on any atom is -0.338 e. The van der Waals surface area contributed by atoms with Gasteiger partial charge in [-0.15, -0.1) is 0 Å². The Morgan fingerprint density at radius 2 is 2.06 bits per heavy atom. The second-order valence-corrected chi connectivity index (χ2v) is 5.34. The van der Waals surface area contributed by atoms with Crippen LogP contribution in [0.3, 0.4) is 0 Å². The van der Waals surface area contributed by atoms with Crippen molar-refractivity contribution < 1.29 is 4.79 Å². The molecule has 4 heteroatoms. The van der Waals surface area contributed by atoms with Gasteiger partial charge in [-0.3, -0.25) is 9.89 Å². The van der Waals surface area contributed by atoms with Crippen LogP contribution in [-0.4, -0.2) is 34.1 Å². The first-order valence-electron chi connectivity index (χ1n) is 6.37. The van der Waals surface area contributed by atoms with Crippen LogP contribution in [0.5, 0.6) is 0 Å². The van der Waals surface area contributed by atoms with Crippen molar-refractivity contribution in [2.75, 3.05) is 13.1 Å². The number of fused-ring (bicyclic) bond motifs is 1. The quantitative estimate of drug-likeness (QED) is 0.835. The van der Waals surface area contributed by atoms with Crippen LogP contribution in [-0.2, 0) is 0 Å². The lowest BCUT2D eigenvalue weighted by Gasteiger charge is -2.16. The Bertz CT molecular complexity index is 579. The zero-order valence-corrected chi connectivity index (χ0v) is 10.7. The van der Waals surface area contributed by atoms with E-state index in [-0.39, 0.29) is 5.91 Å². The van der Waals surface area contributed by atoms with Crippen LogP contribution < -0.4 is 0 Å². The fourth-order valence-electron chi connectivity index (χ4n) is 2.55. The van der Waals surface area contributed by atoms with Crippen LogP contribution in [0.4, 0.5) is 0 Å². The number of aromatic amines is 1. The van der Waals surface area contributed by atoms with Gasteiger partial charge in [0, 0.05) is 24.0 Å². The minimum atomic E-state index is 0.128. The molecule has 2 aromatic rings. The molecule has 1 aromatic heterocycles. The van der Waals surface area contributed by atoms with Crippen molar-refractivity contribution in [2.45, 2.75) is 13.8 Å². The summed E-state index contributed by atoms with van der Waals surface area (Å²) < 4.78 is 0. The number of H-pyrrole nitrogens is 1. The monoisotopic (exact) mass is 243 g/mol. The molecule has 4 nitrogen and oxygen atoms in total. The van der Waals surface area contributed by atoms with Crippen molar-refractivity contribution in [1.29, 1.82) is 0 Å². The zero-order chi connectivity index (χ0) is 12.7. The van der Waals surface area contributed by atoms with Gasteiger partial charge in [0.2, 0.25) is 0 Å². The first-order chi connectivity index (χ1) is 8.65. The van der Waals surface area contributed by atoms with Crippen molar-refractivity contribution in [3.05, 3.63) is 30.0 Å². The molecule has 1 N–H and O–H groups in total. The highest BCUT2D eigenvalue weighted by Crippen LogP contribution is 2.24. The van der Waals surface area contributed by atoms with Crippen molar-refractivity contribution >= 4 is 16.8 Å². The molecule has 3 rings (SSSR count). The smallest absolute Gasteiger partial charge is 0.253 e. The largest absolute Gasteiger partial charge is 0.338 e. The number of hydrogen-bond donors (Lipinski definition) is 1. The van der Waals surface area contributed by atoms with Crippen molar-refractivity contribution in [3.8, 4) is 0 Å². The first kappa shape index (κ1) is 11.3. The van der Waals surface area contributed by atoms with Gasteiger partial charge in [0.1, 0.15) is 0 Å². The van der Waals surface area contributed by atoms with Crippen LogP contribution in [0.25, 0.3) is 10.9 Å². The molecular formula is C14H17N3O. The van der Waals surface area contributed by atoms with Crippen LogP contribution in [0.1, 0.15) is 24.2 Å². The number of nitrogens with one attached hydrogen (secondary N) is 1. The lowest BCUT2D eigenvalue weighted by Crippen LogP contribution is -2.28. The predicted octanol–water partition coefficient (Wildman–Crippen LogP) is 2.29. The van der Waals surface area contributed by atoms with Gasteiger partial charge < -0.3 is 4.90 Å². The Morgan fingerprint density at radius 1 is 1.33 bits per heavy atom. The van der Waals surface area contributed by atoms with Crippen LogP contribution in [0.2, 0.25) is 0 Å². The lowest BCUT2D eigenvalue weighted by atomic mass is 10.0. The molecule has 1 fully saturated rings. The van der Waals surface area contributed by atoms with Crippen molar-refractivity contribution in [2.24, 2.45) is 11.8 Å². The minimum absolute atomic E-state index is 0.128. The molecule has 1 saturated heterocycles. The first-order valence-corrected chi connectivity index (χ1v) is 6.37. The molecule has 1 amide bonds. The number of amides is 1. The summed E-state index contributed by atoms with van der Waals surface area (Å²) in [5.74, 6) is 1.30. The lowest BCUT2D eigenvalue weighted by molar-refractivity contribution is 0.0785. The molecular weight excluding hydrogens is 226 g/mol. The molecule has 0 aliphatic carbocycles. The fraction of sp³-hybridized carbons (Fsp3) is 0.429. The van der Waals surface area contributed by atoms with E-state index in [2.05, 4.69) is 24.0 Å². The second kappa shape index (κ2) is 4.12. The average molecular weight is 243 g/mol. The zero-order valence-electron chi connectivity index (χ0n) is 10.7. The van der Waals surface area contributed by atoms with E-state index in [4.69, 9.17) is 0 Å². The molecule has 1 aliphatic heterocycles. The van der Waals surface area contributed by atoms with Gasteiger partial charge in [-0.1, -0.05) is 19.9 Å². The van der Waals surface area contributed by atoms with E-state index in [1.165, 1.54) is 0 Å². The van der Waals surface area contributed by atoms with Crippen LogP contribution in [0.15, 0.2) is 24.4 Å². The number of aromatic nitrogens is 2. The summed E-state index contributed by atoms with van der Waals surface area (Å²) in [6.07, 6.45) is 1.77. The maximum atomic E-state index is 12.4. The topological polar surface area (TPSA) is 49.0 Å². The third-order valence-electron chi connectivity index (χ3n) is 3.96. The SMILES string of the molecule is CC1CN(C(=O)c2ccc3cn[nH]c3c2)CC1C. The van der Waals surface area contributed by atoms with E-state index in [1.54, 1.807) is 6.20 Å². The Morgan fingerprint density at radius 3 is 2.78 bits per heavy atom. The molecule has 0 saturated carbocycles. The number of likely N-dealkylation sites (tertiary alicyclic amines) is 1. The number of rotatable bonds is 1. The molecule has 94 valence electrons. The summed E-state index contributed by atoms with van der Waals surface area (Å²) >= 11 is 0. The van der Waals surface area contributed by atoms with E-state index in [0.717, 1.165) is 29.6 Å². The highest BCUT2D eigenvalue weighted by atomic mass is 16.2. The standard InChI is InChI=1S/C14H17N3O/c1-9-7-17(8-10(9)2)14(18)11-3-4-12-6-15-16-13(12)5-11/h3-6,9-10H,7-8H2,1-2H3,(H,15,16). The Kier molecular flexibility index (Phi) is 2.58. The van der Waals surface area contributed by atoms with Crippen molar-refractivity contribution in [1.82, 2.24) is 15.1 Å². The number of carbonyl (C=O) groups is 1. The molecule has 1 aromatic carbocycles. The molecule has 18 heavy (non-hydrogen) atoms. The molecule has 0 bridgehead atoms. The normalized spacial score (nSPS) is 23.8. The number of hydrogen-bond acceptors (Lipinski definition) is 2. The average Bonchev–Trinajstić information content (AvgIpc) is 2.95. The van der Waals surface area contributed by atoms with Gasteiger partial charge in [0.15, 0.2) is 0 Å². The molecule has 2 unspecified atom stereocenters. The Hall–Kier alpha value is -1.84. The summed E-state index contributed by atoms with van der Waals surface area (Å²) in [5.41, 5.74) is 1.66. The number of carbonyl (C=O) groups excluding carboxylic acids is 1. The van der Waals surface area contributed by atoms with Gasteiger partial charge in [-0.05, 0) is 24.0 Å². The van der Waals surface area contributed by atoms with Crippen molar-refractivity contribution in [3.63, 3.8) is 0 Å². The van der Waals surface area contributed by atoms with E-state index in [0.29, 0.717) is 11.8 Å². The van der Waals surface area contributed by atoms with Crippen LogP contribution >= 0.6 is 0 Å². The fourth-order valence-corrected chi connectivity index (χ4v) is 2.55. The molecule has 0 spiro atoms. The molecule has 1 aliphatic rings. The summed E-state index contributed by atoms with van der Waals surface area (Å²) in [6, 6.07) is 5.71. The summed E-state index contributed by atoms with van der Waals surface area (Å²) in [7, 11) is 0. The van der Waals surface area contributed by atoms with E-state index in [9.17, 15) is 4.79 Å². The van der Waals surface area contributed by atoms with E-state index in [1.807, 2.05) is 23.1 Å². The maximum Gasteiger partial charge on any atom is 0.253 e. The maximum absolute atomic E-state index is 12.4. The second-order valence-electron chi connectivity index (χ2n) is 5.34. The Labute approximate surface area is 106 Å². The highest BCUT2D eigenvalue weighted by Gasteiger charge is 2.29. The number of nitrogens with zero attached hydrogens (tertiary/aromatic N) is 2. The van der Waals surface area contributed by atoms with Gasteiger partial charge in [-0.2, -0.15) is 5.10 Å². The molecule has 2 heterocycles. The van der Waals surface area contributed by atoms with E-state index >= 15 is 0 Å². The van der Waals surface area contributed by atoms with E-state index < -0.39 is 0 Å². The summed E-state index contributed by atoms with van der Waals surface area (Å²) in [5, 5.41) is 7.91. The molecule has 0 radical (unpaired) electrons.